The van der Waals surface area contributed by atoms with Crippen LogP contribution in [-0.2, 0) is 23.6 Å². The van der Waals surface area contributed by atoms with Gasteiger partial charge >= 0.3 is 12.2 Å². The van der Waals surface area contributed by atoms with Crippen LogP contribution in [0.15, 0.2) is 70.6 Å². The Morgan fingerprint density at radius 3 is 1.79 bits per heavy atom. The molecule has 2 aromatic carbocycles. The van der Waals surface area contributed by atoms with E-state index in [9.17, 15) is 24.4 Å². The Morgan fingerprint density at radius 1 is 0.701 bits per heavy atom. The van der Waals surface area contributed by atoms with E-state index in [4.69, 9.17) is 18.9 Å². The van der Waals surface area contributed by atoms with Gasteiger partial charge in [-0.25, -0.2) is 9.59 Å². The van der Waals surface area contributed by atoms with Gasteiger partial charge in [0.1, 0.15) is 42.0 Å². The number of pyridine rings is 4. The summed E-state index contributed by atoms with van der Waals surface area (Å²) in [6.07, 6.45) is 5.63. The van der Waals surface area contributed by atoms with Crippen molar-refractivity contribution in [2.45, 2.75) is 112 Å². The number of carbonyl (C=O) groups is 2. The molecule has 6 rings (SSSR count). The zero-order valence-electron chi connectivity index (χ0n) is 41.8. The van der Waals surface area contributed by atoms with Gasteiger partial charge in [-0.3, -0.25) is 19.6 Å². The summed E-state index contributed by atoms with van der Waals surface area (Å²) in [6, 6.07) is 14.7. The molecule has 0 radical (unpaired) electrons. The van der Waals surface area contributed by atoms with Gasteiger partial charge in [-0.2, -0.15) is 5.26 Å². The molecule has 6 aromatic rings. The van der Waals surface area contributed by atoms with Gasteiger partial charge in [0.2, 0.25) is 0 Å². The molecule has 15 heteroatoms. The van der Waals surface area contributed by atoms with Crippen molar-refractivity contribution >= 4 is 55.5 Å². The van der Waals surface area contributed by atoms with Gasteiger partial charge in [-0.15, -0.1) is 0 Å². The molecule has 4 aromatic heterocycles. The van der Waals surface area contributed by atoms with Crippen molar-refractivity contribution in [3.63, 3.8) is 0 Å². The van der Waals surface area contributed by atoms with Crippen molar-refractivity contribution in [2.24, 2.45) is 25.9 Å². The molecule has 0 fully saturated rings. The SMILES string of the molecule is CC(C)C[C@@H](COc1ccc2c3ccncc3c(=O)n(C)c2c1)N(C)C(=O)OC(C)(C)C.Cc1nccc2c1c(=O)n(C)c1cc(OC[C@H](CC(C)C)N(C)C(=O)OC(C)(C)C)c(C#N)cc21. The predicted octanol–water partition coefficient (Wildman–Crippen LogP) is 9.67. The number of aromatic nitrogens is 4. The summed E-state index contributed by atoms with van der Waals surface area (Å²) in [7, 11) is 6.89. The minimum absolute atomic E-state index is 0.0971. The fourth-order valence-corrected chi connectivity index (χ4v) is 7.91. The Kier molecular flexibility index (Phi) is 16.0. The minimum atomic E-state index is -0.609. The molecular formula is C52H67N7O8. The lowest BCUT2D eigenvalue weighted by atomic mass is 10.0. The third-order valence-electron chi connectivity index (χ3n) is 11.3. The number of likely N-dealkylation sites (N-methyl/N-ethyl adjacent to an activating group) is 2. The quantitative estimate of drug-likeness (QED) is 0.107. The highest BCUT2D eigenvalue weighted by Crippen LogP contribution is 2.31. The van der Waals surface area contributed by atoms with Gasteiger partial charge in [0.25, 0.3) is 11.1 Å². The maximum absolute atomic E-state index is 13.1. The molecule has 358 valence electrons. The summed E-state index contributed by atoms with van der Waals surface area (Å²) in [4.78, 5) is 62.6. The van der Waals surface area contributed by atoms with Crippen LogP contribution >= 0.6 is 0 Å². The molecule has 2 amide bonds. The van der Waals surface area contributed by atoms with E-state index in [0.29, 0.717) is 63.9 Å². The van der Waals surface area contributed by atoms with Crippen molar-refractivity contribution in [1.82, 2.24) is 28.9 Å². The van der Waals surface area contributed by atoms with E-state index in [-0.39, 0.29) is 35.9 Å². The van der Waals surface area contributed by atoms with Gasteiger partial charge < -0.3 is 37.9 Å². The summed E-state index contributed by atoms with van der Waals surface area (Å²) in [6.45, 7) is 21.7. The number of fused-ring (bicyclic) bond motifs is 6. The van der Waals surface area contributed by atoms with Crippen LogP contribution in [0.3, 0.4) is 0 Å². The molecule has 0 aliphatic rings. The highest BCUT2D eigenvalue weighted by Gasteiger charge is 2.29. The van der Waals surface area contributed by atoms with Crippen LogP contribution in [0.2, 0.25) is 0 Å². The van der Waals surface area contributed by atoms with Gasteiger partial charge in [-0.1, -0.05) is 27.7 Å². The smallest absolute Gasteiger partial charge is 0.410 e. The van der Waals surface area contributed by atoms with Gasteiger partial charge in [0.05, 0.1) is 45.1 Å². The number of aryl methyl sites for hydroxylation is 3. The van der Waals surface area contributed by atoms with Gasteiger partial charge in [0, 0.05) is 69.7 Å². The second-order valence-corrected chi connectivity index (χ2v) is 20.0. The van der Waals surface area contributed by atoms with Crippen LogP contribution in [0.25, 0.3) is 43.4 Å². The lowest BCUT2D eigenvalue weighted by molar-refractivity contribution is 0.0144. The fraction of sp³-hybridized carbons (Fsp3) is 0.481. The molecule has 0 bridgehead atoms. The summed E-state index contributed by atoms with van der Waals surface area (Å²) in [5.41, 5.74) is 1.02. The van der Waals surface area contributed by atoms with Crippen LogP contribution in [0.4, 0.5) is 9.59 Å². The zero-order valence-corrected chi connectivity index (χ0v) is 41.8. The summed E-state index contributed by atoms with van der Waals surface area (Å²) >= 11 is 0. The van der Waals surface area contributed by atoms with Crippen LogP contribution in [0, 0.1) is 30.1 Å². The van der Waals surface area contributed by atoms with Gasteiger partial charge in [0.15, 0.2) is 0 Å². The van der Waals surface area contributed by atoms with E-state index >= 15 is 0 Å². The van der Waals surface area contributed by atoms with E-state index in [1.54, 1.807) is 90.8 Å². The number of hydrogen-bond acceptors (Lipinski definition) is 11. The molecule has 0 saturated heterocycles. The fourth-order valence-electron chi connectivity index (χ4n) is 7.91. The summed E-state index contributed by atoms with van der Waals surface area (Å²) in [5, 5.41) is 14.4. The number of carbonyl (C=O) groups excluding carboxylic acids is 2. The Balaban J connectivity index is 0.000000252. The lowest BCUT2D eigenvalue weighted by Crippen LogP contribution is -2.44. The van der Waals surface area contributed by atoms with Crippen molar-refractivity contribution in [3.05, 3.63) is 93.0 Å². The Labute approximate surface area is 393 Å². The molecule has 0 saturated carbocycles. The van der Waals surface area contributed by atoms with Crippen molar-refractivity contribution in [3.8, 4) is 17.6 Å². The van der Waals surface area contributed by atoms with Crippen LogP contribution < -0.4 is 20.6 Å². The molecule has 2 atom stereocenters. The maximum atomic E-state index is 13.1. The molecule has 0 aliphatic carbocycles. The molecule has 0 aliphatic heterocycles. The average Bonchev–Trinajstić information content (AvgIpc) is 3.25. The number of hydrogen-bond donors (Lipinski definition) is 0. The van der Waals surface area contributed by atoms with Crippen LogP contribution in [-0.4, -0.2) is 91.7 Å². The average molecular weight is 918 g/mol. The topological polar surface area (TPSA) is 171 Å². The molecule has 4 heterocycles. The van der Waals surface area contributed by atoms with E-state index in [1.807, 2.05) is 65.8 Å². The first-order chi connectivity index (χ1) is 31.3. The summed E-state index contributed by atoms with van der Waals surface area (Å²) in [5.74, 6) is 1.70. The second kappa shape index (κ2) is 20.9. The molecule has 15 nitrogen and oxygen atoms in total. The molecule has 0 unspecified atom stereocenters. The Hall–Kier alpha value is -6.69. The first kappa shape index (κ1) is 51.3. The highest BCUT2D eigenvalue weighted by atomic mass is 16.6. The molecule has 67 heavy (non-hydrogen) atoms. The monoisotopic (exact) mass is 918 g/mol. The highest BCUT2D eigenvalue weighted by molar-refractivity contribution is 6.07. The number of nitriles is 1. The normalized spacial score (nSPS) is 12.7. The van der Waals surface area contributed by atoms with Crippen molar-refractivity contribution in [1.29, 1.82) is 5.26 Å². The second-order valence-electron chi connectivity index (χ2n) is 20.0. The number of ether oxygens (including phenoxy) is 4. The number of amides is 2. The van der Waals surface area contributed by atoms with E-state index in [1.165, 1.54) is 0 Å². The largest absolute Gasteiger partial charge is 0.491 e. The number of rotatable bonds is 12. The standard InChI is InChI=1S/C27H34N4O4.C25H33N3O4/c1-16(2)11-19(30(7)26(33)35-27(4,5)6)15-34-23-13-22-21(12-18(23)14-28)20-9-10-29-17(3)24(20)25(32)31(22)8;1-16(2)12-17(27(6)24(30)32-25(3,4)5)15-31-18-8-9-20-19-10-11-26-14-21(19)23(29)28(7)22(20)13-18/h9-10,12-13,16,19H,11,15H2,1-8H3;8-11,13-14,16-17H,12,15H2,1-7H3/t19-;17-/m00/s1. The number of nitrogens with zero attached hydrogens (tertiary/aromatic N) is 7. The van der Waals surface area contributed by atoms with Crippen LogP contribution in [0.1, 0.15) is 93.3 Å². The molecular weight excluding hydrogens is 851 g/mol. The molecule has 0 spiro atoms. The molecule has 0 N–H and O–H groups in total. The third kappa shape index (κ3) is 12.4. The van der Waals surface area contributed by atoms with E-state index < -0.39 is 17.3 Å². The Morgan fingerprint density at radius 2 is 1.24 bits per heavy atom. The first-order valence-electron chi connectivity index (χ1n) is 22.7. The Bertz CT molecular complexity index is 2940. The first-order valence-corrected chi connectivity index (χ1v) is 22.7. The van der Waals surface area contributed by atoms with E-state index in [2.05, 4.69) is 43.7 Å². The third-order valence-corrected chi connectivity index (χ3v) is 11.3. The number of benzene rings is 2. The van der Waals surface area contributed by atoms with Crippen LogP contribution in [0.5, 0.6) is 11.5 Å². The summed E-state index contributed by atoms with van der Waals surface area (Å²) < 4.78 is 26.5. The lowest BCUT2D eigenvalue weighted by Gasteiger charge is -2.31. The van der Waals surface area contributed by atoms with Gasteiger partial charge in [-0.05, 0) is 114 Å². The zero-order chi connectivity index (χ0) is 49.7. The maximum Gasteiger partial charge on any atom is 0.410 e. The van der Waals surface area contributed by atoms with Crippen molar-refractivity contribution in [2.75, 3.05) is 27.3 Å². The predicted molar refractivity (Wildman–Crippen MR) is 264 cm³/mol. The minimum Gasteiger partial charge on any atom is -0.491 e. The van der Waals surface area contributed by atoms with E-state index in [0.717, 1.165) is 33.5 Å². The van der Waals surface area contributed by atoms with Crippen molar-refractivity contribution < 1.29 is 28.5 Å².